The van der Waals surface area contributed by atoms with E-state index in [-0.39, 0.29) is 29.9 Å². The Morgan fingerprint density at radius 3 is 2.62 bits per heavy atom. The molecule has 1 amide bonds. The molecule has 0 atom stereocenters. The highest BCUT2D eigenvalue weighted by Crippen LogP contribution is 2.03. The lowest BCUT2D eigenvalue weighted by Gasteiger charge is -2.36. The summed E-state index contributed by atoms with van der Waals surface area (Å²) in [6.45, 7) is 6.92. The first-order chi connectivity index (χ1) is 12.1. The van der Waals surface area contributed by atoms with Gasteiger partial charge < -0.3 is 24.8 Å². The first-order valence-corrected chi connectivity index (χ1v) is 8.35. The molecular formula is C15H28IN7O3. The molecular weight excluding hydrogens is 453 g/mol. The van der Waals surface area contributed by atoms with Gasteiger partial charge in [-0.15, -0.1) is 24.0 Å². The van der Waals surface area contributed by atoms with Crippen molar-refractivity contribution in [2.24, 2.45) is 4.99 Å². The van der Waals surface area contributed by atoms with E-state index >= 15 is 0 Å². The van der Waals surface area contributed by atoms with Crippen LogP contribution < -0.4 is 10.6 Å². The lowest BCUT2D eigenvalue weighted by molar-refractivity contribution is -0.122. The van der Waals surface area contributed by atoms with Gasteiger partial charge in [0, 0.05) is 53.8 Å². The third kappa shape index (κ3) is 7.41. The maximum absolute atomic E-state index is 11.8. The second-order valence-corrected chi connectivity index (χ2v) is 5.74. The Hall–Kier alpha value is -1.47. The molecule has 2 N–H and O–H groups in total. The molecule has 1 aliphatic heterocycles. The van der Waals surface area contributed by atoms with Gasteiger partial charge in [0.25, 0.3) is 0 Å². The topological polar surface area (TPSA) is 108 Å². The van der Waals surface area contributed by atoms with Crippen LogP contribution in [0.4, 0.5) is 0 Å². The quantitative estimate of drug-likeness (QED) is 0.231. The number of amides is 1. The number of rotatable bonds is 7. The number of nitrogens with one attached hydrogen (secondary N) is 2. The van der Waals surface area contributed by atoms with Crippen molar-refractivity contribution in [1.82, 2.24) is 30.6 Å². The molecule has 1 fully saturated rings. The molecule has 1 aromatic heterocycles. The second-order valence-electron chi connectivity index (χ2n) is 5.74. The summed E-state index contributed by atoms with van der Waals surface area (Å²) in [5.74, 6) is 1.97. The molecule has 148 valence electrons. The van der Waals surface area contributed by atoms with Gasteiger partial charge in [-0.05, 0) is 0 Å². The molecule has 0 aliphatic carbocycles. The summed E-state index contributed by atoms with van der Waals surface area (Å²) >= 11 is 0. The van der Waals surface area contributed by atoms with E-state index in [1.807, 2.05) is 0 Å². The summed E-state index contributed by atoms with van der Waals surface area (Å²) in [5.41, 5.74) is 0. The monoisotopic (exact) mass is 481 g/mol. The number of nitrogens with zero attached hydrogens (tertiary/aromatic N) is 5. The molecule has 0 radical (unpaired) electrons. The van der Waals surface area contributed by atoms with E-state index in [9.17, 15) is 4.79 Å². The summed E-state index contributed by atoms with van der Waals surface area (Å²) in [4.78, 5) is 24.6. The van der Waals surface area contributed by atoms with Crippen molar-refractivity contribution >= 4 is 35.8 Å². The zero-order valence-electron chi connectivity index (χ0n) is 15.5. The van der Waals surface area contributed by atoms with Gasteiger partial charge in [-0.25, -0.2) is 0 Å². The summed E-state index contributed by atoms with van der Waals surface area (Å²) < 4.78 is 9.88. The highest BCUT2D eigenvalue weighted by Gasteiger charge is 2.21. The number of aromatic nitrogens is 2. The van der Waals surface area contributed by atoms with Crippen molar-refractivity contribution in [3.05, 3.63) is 11.7 Å². The van der Waals surface area contributed by atoms with Crippen LogP contribution in [0.1, 0.15) is 11.7 Å². The van der Waals surface area contributed by atoms with Gasteiger partial charge in [-0.1, -0.05) is 5.16 Å². The van der Waals surface area contributed by atoms with Crippen LogP contribution in [0.5, 0.6) is 0 Å². The van der Waals surface area contributed by atoms with Crippen LogP contribution in [0.25, 0.3) is 0 Å². The van der Waals surface area contributed by atoms with Crippen molar-refractivity contribution in [3.63, 3.8) is 0 Å². The zero-order chi connectivity index (χ0) is 18.1. The number of methoxy groups -OCH3 is 1. The van der Waals surface area contributed by atoms with Gasteiger partial charge in [0.05, 0.1) is 19.7 Å². The fraction of sp³-hybridized carbons (Fsp3) is 0.733. The number of aryl methyl sites for hydroxylation is 1. The Morgan fingerprint density at radius 1 is 1.31 bits per heavy atom. The minimum atomic E-state index is 0. The predicted molar refractivity (Wildman–Crippen MR) is 108 cm³/mol. The molecule has 0 unspecified atom stereocenters. The smallest absolute Gasteiger partial charge is 0.234 e. The van der Waals surface area contributed by atoms with Crippen molar-refractivity contribution in [3.8, 4) is 0 Å². The van der Waals surface area contributed by atoms with Crippen LogP contribution in [0.2, 0.25) is 0 Å². The van der Waals surface area contributed by atoms with Crippen molar-refractivity contribution in [2.75, 3.05) is 60.0 Å². The van der Waals surface area contributed by atoms with Crippen LogP contribution in [0.15, 0.2) is 9.52 Å². The minimum absolute atomic E-state index is 0. The molecule has 1 saturated heterocycles. The molecule has 1 aliphatic rings. The number of aliphatic imine (C=N–C) groups is 1. The van der Waals surface area contributed by atoms with Crippen LogP contribution >= 0.6 is 24.0 Å². The van der Waals surface area contributed by atoms with Crippen molar-refractivity contribution in [2.45, 2.75) is 13.5 Å². The molecule has 0 aromatic carbocycles. The molecule has 10 nitrogen and oxygen atoms in total. The van der Waals surface area contributed by atoms with E-state index in [0.29, 0.717) is 38.0 Å². The Morgan fingerprint density at radius 2 is 2.04 bits per heavy atom. The first-order valence-electron chi connectivity index (χ1n) is 8.35. The largest absolute Gasteiger partial charge is 0.383 e. The van der Waals surface area contributed by atoms with Crippen molar-refractivity contribution < 1.29 is 14.1 Å². The average Bonchev–Trinajstić information content (AvgIpc) is 3.02. The summed E-state index contributed by atoms with van der Waals surface area (Å²) in [6, 6.07) is 0. The molecule has 0 saturated carbocycles. The van der Waals surface area contributed by atoms with Crippen LogP contribution in [0.3, 0.4) is 0 Å². The first kappa shape index (κ1) is 22.6. The average molecular weight is 481 g/mol. The predicted octanol–water partition coefficient (Wildman–Crippen LogP) is -0.548. The van der Waals surface area contributed by atoms with E-state index in [1.165, 1.54) is 0 Å². The minimum Gasteiger partial charge on any atom is -0.383 e. The van der Waals surface area contributed by atoms with Gasteiger partial charge in [0.1, 0.15) is 0 Å². The molecule has 0 bridgehead atoms. The standard InChI is InChI=1S/C15H27N7O3.HI/c1-12-19-13(20-25-12)10-18-15(16-2)22-7-5-21(6-8-22)11-14(23)17-4-9-24-3;/h4-11H2,1-3H3,(H,16,18)(H,17,23);1H. The lowest BCUT2D eigenvalue weighted by atomic mass is 10.3. The lowest BCUT2D eigenvalue weighted by Crippen LogP contribution is -2.54. The molecule has 11 heteroatoms. The van der Waals surface area contributed by atoms with E-state index < -0.39 is 0 Å². The molecule has 0 spiro atoms. The second kappa shape index (κ2) is 12.0. The summed E-state index contributed by atoms with van der Waals surface area (Å²) in [7, 11) is 3.37. The van der Waals surface area contributed by atoms with Gasteiger partial charge in [-0.3, -0.25) is 14.7 Å². The maximum atomic E-state index is 11.8. The summed E-state index contributed by atoms with van der Waals surface area (Å²) in [6.07, 6.45) is 0. The third-order valence-electron chi connectivity index (χ3n) is 3.85. The van der Waals surface area contributed by atoms with Crippen molar-refractivity contribution in [1.29, 1.82) is 0 Å². The molecule has 2 rings (SSSR count). The number of carbonyl (C=O) groups is 1. The van der Waals surface area contributed by atoms with Crippen LogP contribution in [-0.4, -0.2) is 91.8 Å². The number of carbonyl (C=O) groups excluding carboxylic acids is 1. The Balaban J connectivity index is 0.00000338. The van der Waals surface area contributed by atoms with Crippen LogP contribution in [0, 0.1) is 6.92 Å². The van der Waals surface area contributed by atoms with E-state index in [0.717, 1.165) is 32.1 Å². The summed E-state index contributed by atoms with van der Waals surface area (Å²) in [5, 5.41) is 9.94. The highest BCUT2D eigenvalue weighted by atomic mass is 127. The number of halogens is 1. The van der Waals surface area contributed by atoms with Gasteiger partial charge in [0.15, 0.2) is 11.8 Å². The number of guanidine groups is 1. The highest BCUT2D eigenvalue weighted by molar-refractivity contribution is 14.0. The molecule has 2 heterocycles. The Kier molecular flexibility index (Phi) is 10.4. The third-order valence-corrected chi connectivity index (χ3v) is 3.85. The normalized spacial score (nSPS) is 15.5. The van der Waals surface area contributed by atoms with Gasteiger partial charge in [-0.2, -0.15) is 4.98 Å². The zero-order valence-corrected chi connectivity index (χ0v) is 17.9. The van der Waals surface area contributed by atoms with E-state index in [2.05, 4.69) is 35.6 Å². The fourth-order valence-corrected chi connectivity index (χ4v) is 2.57. The number of piperazine rings is 1. The number of ether oxygens (including phenoxy) is 1. The van der Waals surface area contributed by atoms with Gasteiger partial charge >= 0.3 is 0 Å². The van der Waals surface area contributed by atoms with E-state index in [1.54, 1.807) is 21.1 Å². The molecule has 26 heavy (non-hydrogen) atoms. The fourth-order valence-electron chi connectivity index (χ4n) is 2.57. The maximum Gasteiger partial charge on any atom is 0.234 e. The molecule has 1 aromatic rings. The SMILES string of the molecule is CN=C(NCc1noc(C)n1)N1CCN(CC(=O)NCCOC)CC1.I. The van der Waals surface area contributed by atoms with E-state index in [4.69, 9.17) is 9.26 Å². The van der Waals surface area contributed by atoms with Gasteiger partial charge in [0.2, 0.25) is 11.8 Å². The number of hydrogen-bond donors (Lipinski definition) is 2. The Labute approximate surface area is 170 Å². The van der Waals surface area contributed by atoms with Crippen LogP contribution in [-0.2, 0) is 16.1 Å². The Bertz CT molecular complexity index is 573. The number of hydrogen-bond acceptors (Lipinski definition) is 7.